The zero-order chi connectivity index (χ0) is 17.8. The lowest BCUT2D eigenvalue weighted by molar-refractivity contribution is -0.742. The van der Waals surface area contributed by atoms with Gasteiger partial charge in [-0.05, 0) is 18.6 Å². The van der Waals surface area contributed by atoms with Gasteiger partial charge in [-0.3, -0.25) is 4.98 Å². The minimum absolute atomic E-state index is 0.000165. The molecule has 1 saturated heterocycles. The van der Waals surface area contributed by atoms with Gasteiger partial charge >= 0.3 is 0 Å². The van der Waals surface area contributed by atoms with Gasteiger partial charge in [-0.15, -0.1) is 20.2 Å². The molecule has 12 nitrogen and oxygen atoms in total. The van der Waals surface area contributed by atoms with E-state index in [0.29, 0.717) is 0 Å². The molecule has 2 rings (SSSR count). The molecule has 0 bridgehead atoms. The number of nitrogens with zero attached hydrogens (tertiary/aromatic N) is 3. The maximum Gasteiger partial charge on any atom is 0.291 e. The third-order valence-electron chi connectivity index (χ3n) is 2.78. The van der Waals surface area contributed by atoms with E-state index < -0.39 is 10.2 Å². The molecular weight excluding hydrogens is 318 g/mol. The van der Waals surface area contributed by atoms with Gasteiger partial charge in [0.2, 0.25) is 0 Å². The number of ether oxygens (including phenoxy) is 1. The lowest BCUT2D eigenvalue weighted by Gasteiger charge is -2.14. The van der Waals surface area contributed by atoms with Gasteiger partial charge in [0.05, 0.1) is 25.4 Å². The van der Waals surface area contributed by atoms with Crippen LogP contribution in [0.4, 0.5) is 0 Å². The Balaban J connectivity index is 0.000000509. The largest absolute Gasteiger partial charge is 0.394 e. The highest BCUT2D eigenvalue weighted by Crippen LogP contribution is 2.33. The molecular formula is C11H17N3O9. The van der Waals surface area contributed by atoms with E-state index >= 15 is 0 Å². The van der Waals surface area contributed by atoms with Crippen LogP contribution in [0, 0.1) is 20.2 Å². The molecule has 1 aliphatic rings. The molecule has 1 fully saturated rings. The number of pyridine rings is 1. The molecule has 12 heteroatoms. The van der Waals surface area contributed by atoms with Gasteiger partial charge < -0.3 is 25.4 Å². The second-order valence-electron chi connectivity index (χ2n) is 4.23. The van der Waals surface area contributed by atoms with Crippen molar-refractivity contribution in [1.82, 2.24) is 4.98 Å². The van der Waals surface area contributed by atoms with Crippen LogP contribution in [-0.2, 0) is 4.74 Å². The van der Waals surface area contributed by atoms with Gasteiger partial charge in [-0.25, -0.2) is 0 Å². The molecule has 0 amide bonds. The highest BCUT2D eigenvalue weighted by molar-refractivity contribution is 5.13. The summed E-state index contributed by atoms with van der Waals surface area (Å²) < 4.78 is 5.49. The van der Waals surface area contributed by atoms with E-state index in [1.165, 1.54) is 0 Å². The summed E-state index contributed by atoms with van der Waals surface area (Å²) in [6.45, 7) is -0.0302. The summed E-state index contributed by atoms with van der Waals surface area (Å²) in [5.41, 5.74) is 0.924. The van der Waals surface area contributed by atoms with Gasteiger partial charge in [0.25, 0.3) is 10.2 Å². The van der Waals surface area contributed by atoms with Crippen LogP contribution in [0.2, 0.25) is 0 Å². The fourth-order valence-electron chi connectivity index (χ4n) is 2.03. The van der Waals surface area contributed by atoms with Gasteiger partial charge in [-0.2, -0.15) is 0 Å². The van der Waals surface area contributed by atoms with E-state index in [1.807, 2.05) is 18.2 Å². The SMILES string of the molecule is O=[N+]([O-])O.O=[N+]([O-])O.OCC1CC(c2ccccn2)C(CO)O1. The molecule has 1 aromatic heterocycles. The van der Waals surface area contributed by atoms with E-state index in [9.17, 15) is 5.11 Å². The third-order valence-corrected chi connectivity index (χ3v) is 2.78. The summed E-state index contributed by atoms with van der Waals surface area (Å²) >= 11 is 0. The van der Waals surface area contributed by atoms with Crippen LogP contribution in [0.15, 0.2) is 24.4 Å². The lowest BCUT2D eigenvalue weighted by atomic mass is 9.95. The number of aliphatic hydroxyl groups is 2. The first-order valence-electron chi connectivity index (χ1n) is 6.26. The summed E-state index contributed by atoms with van der Waals surface area (Å²) in [6, 6.07) is 5.70. The quantitative estimate of drug-likeness (QED) is 0.418. The Bertz CT molecular complexity index is 453. The normalized spacial score (nSPS) is 22.1. The standard InChI is InChI=1S/C11H15NO3.2HNO3/c13-6-8-5-9(11(7-14)15-8)10-3-1-2-4-12-10;2*2-1(3)4/h1-4,8-9,11,13-14H,5-7H2;2*(H,2,3,4). The summed E-state index contributed by atoms with van der Waals surface area (Å²) in [7, 11) is 0. The van der Waals surface area contributed by atoms with E-state index in [1.54, 1.807) is 6.20 Å². The van der Waals surface area contributed by atoms with Crippen molar-refractivity contribution in [3.05, 3.63) is 50.3 Å². The third kappa shape index (κ3) is 9.13. The van der Waals surface area contributed by atoms with E-state index in [-0.39, 0.29) is 31.3 Å². The predicted octanol–water partition coefficient (Wildman–Crippen LogP) is -0.388. The molecule has 1 aromatic rings. The van der Waals surface area contributed by atoms with Crippen LogP contribution in [0.25, 0.3) is 0 Å². The van der Waals surface area contributed by atoms with E-state index in [4.69, 9.17) is 40.5 Å². The number of hydrogen-bond acceptors (Lipinski definition) is 8. The number of hydrogen-bond donors (Lipinski definition) is 4. The van der Waals surface area contributed by atoms with Crippen LogP contribution in [-0.4, -0.2) is 61.2 Å². The van der Waals surface area contributed by atoms with E-state index in [0.717, 1.165) is 12.1 Å². The van der Waals surface area contributed by atoms with E-state index in [2.05, 4.69) is 4.98 Å². The van der Waals surface area contributed by atoms with Crippen molar-refractivity contribution in [2.75, 3.05) is 13.2 Å². The van der Waals surface area contributed by atoms with Crippen molar-refractivity contribution in [2.24, 2.45) is 0 Å². The van der Waals surface area contributed by atoms with Crippen molar-refractivity contribution in [2.45, 2.75) is 24.5 Å². The monoisotopic (exact) mass is 335 g/mol. The Morgan fingerprint density at radius 2 is 1.74 bits per heavy atom. The molecule has 2 heterocycles. The van der Waals surface area contributed by atoms with Gasteiger partial charge in [0.1, 0.15) is 0 Å². The van der Waals surface area contributed by atoms with Crippen molar-refractivity contribution in [1.29, 1.82) is 0 Å². The van der Waals surface area contributed by atoms with Crippen LogP contribution in [0.3, 0.4) is 0 Å². The summed E-state index contributed by atoms with van der Waals surface area (Å²) in [6.07, 6.45) is 2.04. The zero-order valence-corrected chi connectivity index (χ0v) is 11.8. The first-order valence-corrected chi connectivity index (χ1v) is 6.26. The van der Waals surface area contributed by atoms with Crippen molar-refractivity contribution < 1.29 is 35.5 Å². The molecule has 0 radical (unpaired) electrons. The van der Waals surface area contributed by atoms with Crippen LogP contribution < -0.4 is 0 Å². The molecule has 3 unspecified atom stereocenters. The molecule has 0 spiro atoms. The fraction of sp³-hybridized carbons (Fsp3) is 0.545. The maximum atomic E-state index is 9.18. The number of aliphatic hydroxyl groups excluding tert-OH is 2. The minimum Gasteiger partial charge on any atom is -0.394 e. The van der Waals surface area contributed by atoms with Crippen LogP contribution in [0.5, 0.6) is 0 Å². The predicted molar refractivity (Wildman–Crippen MR) is 72.0 cm³/mol. The molecule has 3 atom stereocenters. The molecule has 0 saturated carbocycles. The first kappa shape index (κ1) is 20.4. The zero-order valence-electron chi connectivity index (χ0n) is 11.8. The number of rotatable bonds is 3. The summed E-state index contributed by atoms with van der Waals surface area (Å²) in [5.74, 6) is 0.0911. The van der Waals surface area contributed by atoms with Crippen molar-refractivity contribution >= 4 is 0 Å². The second kappa shape index (κ2) is 11.1. The van der Waals surface area contributed by atoms with Crippen LogP contribution >= 0.6 is 0 Å². The number of aromatic nitrogens is 1. The highest BCUT2D eigenvalue weighted by Gasteiger charge is 2.35. The highest BCUT2D eigenvalue weighted by atomic mass is 16.9. The van der Waals surface area contributed by atoms with Crippen LogP contribution in [0.1, 0.15) is 18.0 Å². The first-order chi connectivity index (χ1) is 10.8. The molecule has 23 heavy (non-hydrogen) atoms. The lowest BCUT2D eigenvalue weighted by Crippen LogP contribution is -2.20. The Hall–Kier alpha value is -2.57. The summed E-state index contributed by atoms with van der Waals surface area (Å²) in [4.78, 5) is 21.0. The molecule has 0 aromatic carbocycles. The van der Waals surface area contributed by atoms with Crippen molar-refractivity contribution in [3.8, 4) is 0 Å². The average Bonchev–Trinajstić information content (AvgIpc) is 2.90. The molecule has 0 aliphatic carbocycles. The fourth-order valence-corrected chi connectivity index (χ4v) is 2.03. The average molecular weight is 335 g/mol. The smallest absolute Gasteiger partial charge is 0.291 e. The maximum absolute atomic E-state index is 9.18. The molecule has 130 valence electrons. The Labute approximate surface area is 129 Å². The minimum atomic E-state index is -1.50. The van der Waals surface area contributed by atoms with Gasteiger partial charge in [0, 0.05) is 17.8 Å². The molecule has 4 N–H and O–H groups in total. The second-order valence-corrected chi connectivity index (χ2v) is 4.23. The Morgan fingerprint density at radius 3 is 2.13 bits per heavy atom. The van der Waals surface area contributed by atoms with Gasteiger partial charge in [-0.1, -0.05) is 6.07 Å². The Kier molecular flexibility index (Phi) is 9.82. The summed E-state index contributed by atoms with van der Waals surface area (Å²) in [5, 5.41) is 45.5. The van der Waals surface area contributed by atoms with Crippen molar-refractivity contribution in [3.63, 3.8) is 0 Å². The molecule has 1 aliphatic heterocycles. The van der Waals surface area contributed by atoms with Gasteiger partial charge in [0.15, 0.2) is 0 Å². The Morgan fingerprint density at radius 1 is 1.17 bits per heavy atom. The topological polar surface area (TPSA) is 189 Å².